The lowest BCUT2D eigenvalue weighted by molar-refractivity contribution is 0.0892. The summed E-state index contributed by atoms with van der Waals surface area (Å²) >= 11 is 0. The second-order valence-electron chi connectivity index (χ2n) is 8.46. The minimum absolute atomic E-state index is 0.0284. The summed E-state index contributed by atoms with van der Waals surface area (Å²) in [6.07, 6.45) is -0.453. The Balaban J connectivity index is 1.54. The Bertz CT molecular complexity index is 1400. The molecule has 7 heteroatoms. The molecule has 4 rings (SSSR count). The number of ether oxygens (including phenoxy) is 4. The molecule has 0 saturated carbocycles. The van der Waals surface area contributed by atoms with E-state index in [1.807, 2.05) is 60.7 Å². The Hall–Kier alpha value is -4.78. The molecule has 0 unspecified atom stereocenters. The van der Waals surface area contributed by atoms with Gasteiger partial charge < -0.3 is 24.1 Å². The molecule has 0 aliphatic carbocycles. The first-order valence-corrected chi connectivity index (χ1v) is 12.0. The van der Waals surface area contributed by atoms with Crippen LogP contribution in [-0.4, -0.2) is 30.9 Å². The molecular weight excluding hydrogens is 484 g/mol. The van der Waals surface area contributed by atoms with Crippen LogP contribution < -0.4 is 18.9 Å². The SMILES string of the molecule is COc1cc(O)c(C(=O)CC(=O)c2ccc(OCc3ccccc3)c(OCc3ccccc3)c2)cc1OC. The van der Waals surface area contributed by atoms with Crippen molar-refractivity contribution in [1.82, 2.24) is 0 Å². The van der Waals surface area contributed by atoms with Gasteiger partial charge in [0.05, 0.1) is 26.2 Å². The number of phenolic OH excluding ortho intramolecular Hbond substituents is 1. The van der Waals surface area contributed by atoms with E-state index in [1.165, 1.54) is 26.4 Å². The first-order chi connectivity index (χ1) is 18.5. The van der Waals surface area contributed by atoms with Gasteiger partial charge in [-0.3, -0.25) is 9.59 Å². The highest BCUT2D eigenvalue weighted by atomic mass is 16.5. The molecule has 0 bridgehead atoms. The van der Waals surface area contributed by atoms with Crippen LogP contribution in [0.5, 0.6) is 28.7 Å². The molecule has 0 heterocycles. The lowest BCUT2D eigenvalue weighted by Gasteiger charge is -2.15. The van der Waals surface area contributed by atoms with Crippen LogP contribution in [0.25, 0.3) is 0 Å². The number of aromatic hydroxyl groups is 1. The van der Waals surface area contributed by atoms with E-state index in [0.717, 1.165) is 11.1 Å². The monoisotopic (exact) mass is 512 g/mol. The van der Waals surface area contributed by atoms with Crippen molar-refractivity contribution in [3.63, 3.8) is 0 Å². The Morgan fingerprint density at radius 1 is 0.632 bits per heavy atom. The minimum atomic E-state index is -0.551. The standard InChI is InChI=1S/C31H28O7/c1-35-29-16-24(27(34)18-30(29)36-2)26(33)17-25(32)23-13-14-28(37-19-21-9-5-3-6-10-21)31(15-23)38-20-22-11-7-4-8-12-22/h3-16,18,34H,17,19-20H2,1-2H3. The zero-order chi connectivity index (χ0) is 26.9. The Labute approximate surface area is 221 Å². The molecule has 0 aromatic heterocycles. The van der Waals surface area contributed by atoms with Gasteiger partial charge in [0, 0.05) is 11.6 Å². The van der Waals surface area contributed by atoms with Crippen molar-refractivity contribution in [2.75, 3.05) is 14.2 Å². The van der Waals surface area contributed by atoms with Crippen LogP contribution in [0.15, 0.2) is 91.0 Å². The summed E-state index contributed by atoms with van der Waals surface area (Å²) in [6.45, 7) is 0.603. The summed E-state index contributed by atoms with van der Waals surface area (Å²) in [5.74, 6) is 0.143. The van der Waals surface area contributed by atoms with E-state index >= 15 is 0 Å². The Morgan fingerprint density at radius 3 is 1.76 bits per heavy atom. The number of phenols is 1. The number of rotatable bonds is 12. The third kappa shape index (κ3) is 6.50. The topological polar surface area (TPSA) is 91.3 Å². The smallest absolute Gasteiger partial charge is 0.174 e. The fourth-order valence-electron chi connectivity index (χ4n) is 3.82. The molecule has 0 amide bonds. The second kappa shape index (κ2) is 12.5. The van der Waals surface area contributed by atoms with Gasteiger partial charge in [0.15, 0.2) is 34.6 Å². The van der Waals surface area contributed by atoms with Crippen molar-refractivity contribution in [2.24, 2.45) is 0 Å². The van der Waals surface area contributed by atoms with Gasteiger partial charge in [0.25, 0.3) is 0 Å². The van der Waals surface area contributed by atoms with Gasteiger partial charge in [0.1, 0.15) is 19.0 Å². The average molecular weight is 513 g/mol. The van der Waals surface area contributed by atoms with E-state index in [9.17, 15) is 14.7 Å². The number of carbonyl (C=O) groups excluding carboxylic acids is 2. The number of carbonyl (C=O) groups is 2. The van der Waals surface area contributed by atoms with Gasteiger partial charge in [0.2, 0.25) is 0 Å². The van der Waals surface area contributed by atoms with Crippen LogP contribution >= 0.6 is 0 Å². The molecule has 7 nitrogen and oxygen atoms in total. The lowest BCUT2D eigenvalue weighted by Crippen LogP contribution is -2.10. The van der Waals surface area contributed by atoms with E-state index in [0.29, 0.717) is 18.1 Å². The molecule has 38 heavy (non-hydrogen) atoms. The van der Waals surface area contributed by atoms with Crippen molar-refractivity contribution in [3.8, 4) is 28.7 Å². The van der Waals surface area contributed by atoms with Gasteiger partial charge in [-0.05, 0) is 35.4 Å². The van der Waals surface area contributed by atoms with Crippen LogP contribution in [0.2, 0.25) is 0 Å². The number of hydrogen-bond acceptors (Lipinski definition) is 7. The molecular formula is C31H28O7. The van der Waals surface area contributed by atoms with Crippen molar-refractivity contribution in [2.45, 2.75) is 19.6 Å². The highest BCUT2D eigenvalue weighted by Gasteiger charge is 2.21. The van der Waals surface area contributed by atoms with Crippen LogP contribution in [0.3, 0.4) is 0 Å². The summed E-state index contributed by atoms with van der Waals surface area (Å²) in [6, 6.07) is 26.8. The quantitative estimate of drug-likeness (QED) is 0.183. The highest BCUT2D eigenvalue weighted by Crippen LogP contribution is 2.35. The number of ketones is 2. The molecule has 0 aliphatic heterocycles. The summed E-state index contributed by atoms with van der Waals surface area (Å²) in [4.78, 5) is 26.0. The minimum Gasteiger partial charge on any atom is -0.507 e. The van der Waals surface area contributed by atoms with Crippen molar-refractivity contribution < 1.29 is 33.6 Å². The zero-order valence-electron chi connectivity index (χ0n) is 21.2. The lowest BCUT2D eigenvalue weighted by atomic mass is 10.00. The zero-order valence-corrected chi connectivity index (χ0v) is 21.2. The van der Waals surface area contributed by atoms with Crippen LogP contribution in [0.4, 0.5) is 0 Å². The van der Waals surface area contributed by atoms with Crippen molar-refractivity contribution in [1.29, 1.82) is 0 Å². The third-order valence-corrected chi connectivity index (χ3v) is 5.86. The van der Waals surface area contributed by atoms with Crippen LogP contribution in [0, 0.1) is 0 Å². The molecule has 0 atom stereocenters. The Morgan fingerprint density at radius 2 is 1.18 bits per heavy atom. The van der Waals surface area contributed by atoms with Crippen LogP contribution in [0.1, 0.15) is 38.3 Å². The van der Waals surface area contributed by atoms with Gasteiger partial charge in [-0.1, -0.05) is 60.7 Å². The molecule has 4 aromatic carbocycles. The first-order valence-electron chi connectivity index (χ1n) is 12.0. The van der Waals surface area contributed by atoms with Crippen molar-refractivity contribution in [3.05, 3.63) is 113 Å². The van der Waals surface area contributed by atoms with Gasteiger partial charge in [-0.15, -0.1) is 0 Å². The first kappa shape index (κ1) is 26.3. The van der Waals surface area contributed by atoms with E-state index in [-0.39, 0.29) is 35.0 Å². The van der Waals surface area contributed by atoms with Gasteiger partial charge >= 0.3 is 0 Å². The molecule has 0 radical (unpaired) electrons. The number of benzene rings is 4. The number of hydrogen-bond donors (Lipinski definition) is 1. The Kier molecular flexibility index (Phi) is 8.61. The maximum atomic E-state index is 13.1. The molecule has 0 saturated heterocycles. The number of Topliss-reactive ketones (excluding diaryl/α,β-unsaturated/α-hetero) is 2. The molecule has 4 aromatic rings. The fraction of sp³-hybridized carbons (Fsp3) is 0.161. The maximum Gasteiger partial charge on any atom is 0.174 e. The summed E-state index contributed by atoms with van der Waals surface area (Å²) < 4.78 is 22.4. The summed E-state index contributed by atoms with van der Waals surface area (Å²) in [5, 5.41) is 10.3. The third-order valence-electron chi connectivity index (χ3n) is 5.86. The number of methoxy groups -OCH3 is 2. The van der Waals surface area contributed by atoms with Crippen LogP contribution in [-0.2, 0) is 13.2 Å². The van der Waals surface area contributed by atoms with Gasteiger partial charge in [-0.25, -0.2) is 0 Å². The maximum absolute atomic E-state index is 13.1. The summed E-state index contributed by atoms with van der Waals surface area (Å²) in [7, 11) is 2.85. The van der Waals surface area contributed by atoms with E-state index in [2.05, 4.69) is 0 Å². The molecule has 1 N–H and O–H groups in total. The predicted octanol–water partition coefficient (Wildman–Crippen LogP) is 6.02. The molecule has 0 aliphatic rings. The summed E-state index contributed by atoms with van der Waals surface area (Å²) in [5.41, 5.74) is 2.20. The molecule has 194 valence electrons. The second-order valence-corrected chi connectivity index (χ2v) is 8.46. The van der Waals surface area contributed by atoms with E-state index < -0.39 is 18.0 Å². The normalized spacial score (nSPS) is 10.5. The molecule has 0 spiro atoms. The molecule has 0 fully saturated rings. The predicted molar refractivity (Wildman–Crippen MR) is 142 cm³/mol. The van der Waals surface area contributed by atoms with Gasteiger partial charge in [-0.2, -0.15) is 0 Å². The van der Waals surface area contributed by atoms with E-state index in [1.54, 1.807) is 18.2 Å². The largest absolute Gasteiger partial charge is 0.507 e. The van der Waals surface area contributed by atoms with Crippen molar-refractivity contribution >= 4 is 11.6 Å². The fourth-order valence-corrected chi connectivity index (χ4v) is 3.82. The highest BCUT2D eigenvalue weighted by molar-refractivity contribution is 6.14. The average Bonchev–Trinajstić information content (AvgIpc) is 2.95. The van der Waals surface area contributed by atoms with E-state index in [4.69, 9.17) is 18.9 Å².